The largest absolute Gasteiger partial charge is 0.294 e. The van der Waals surface area contributed by atoms with Gasteiger partial charge in [-0.25, -0.2) is 22.8 Å². The van der Waals surface area contributed by atoms with E-state index in [0.717, 1.165) is 5.56 Å². The average Bonchev–Trinajstić information content (AvgIpc) is 3.20. The van der Waals surface area contributed by atoms with Crippen molar-refractivity contribution in [2.24, 2.45) is 0 Å². The Hall–Kier alpha value is -3.39. The summed E-state index contributed by atoms with van der Waals surface area (Å²) in [5.41, 5.74) is 1.94. The van der Waals surface area contributed by atoms with Crippen molar-refractivity contribution < 1.29 is 17.6 Å². The Morgan fingerprint density at radius 1 is 1.10 bits per heavy atom. The van der Waals surface area contributed by atoms with Gasteiger partial charge in [0.05, 0.1) is 10.5 Å². The summed E-state index contributed by atoms with van der Waals surface area (Å²) >= 11 is 0. The molecule has 4 aromatic rings. The van der Waals surface area contributed by atoms with Gasteiger partial charge in [0.25, 0.3) is 0 Å². The van der Waals surface area contributed by atoms with Crippen molar-refractivity contribution in [3.8, 4) is 0 Å². The summed E-state index contributed by atoms with van der Waals surface area (Å²) in [6, 6.07) is 10.2. The summed E-state index contributed by atoms with van der Waals surface area (Å²) in [5, 5.41) is 0. The summed E-state index contributed by atoms with van der Waals surface area (Å²) in [6.07, 6.45) is 7.20. The van der Waals surface area contributed by atoms with Crippen molar-refractivity contribution in [3.05, 3.63) is 89.8 Å². The third kappa shape index (κ3) is 3.86. The molecule has 0 bridgehead atoms. The smallest absolute Gasteiger partial charge is 0.233 e. The standard InChI is InChI=1S/C22H18FN3O3S/c1-15-2-9-21(19(23)12-15)30(28,29)18-6-3-16(4-7-18)5-8-20(27)17-13-25-22-24-10-11-26(22)14-17/h2-4,6-7,9-14H,5,8H2,1H3. The van der Waals surface area contributed by atoms with Gasteiger partial charge in [0.1, 0.15) is 10.7 Å². The highest BCUT2D eigenvalue weighted by Crippen LogP contribution is 2.24. The first-order valence-electron chi connectivity index (χ1n) is 9.27. The highest BCUT2D eigenvalue weighted by molar-refractivity contribution is 7.91. The molecule has 0 saturated heterocycles. The number of Topliss-reactive ketones (excluding diaryl/α,β-unsaturated/α-hetero) is 1. The second kappa shape index (κ2) is 7.79. The fraction of sp³-hybridized carbons (Fsp3) is 0.136. The lowest BCUT2D eigenvalue weighted by Gasteiger charge is -2.08. The second-order valence-corrected chi connectivity index (χ2v) is 8.90. The number of benzene rings is 2. The zero-order chi connectivity index (χ0) is 21.3. The van der Waals surface area contributed by atoms with Crippen LogP contribution in [0.25, 0.3) is 5.78 Å². The number of aryl methyl sites for hydroxylation is 2. The number of imidazole rings is 1. The van der Waals surface area contributed by atoms with Crippen LogP contribution in [0.4, 0.5) is 4.39 Å². The Morgan fingerprint density at radius 2 is 1.87 bits per heavy atom. The van der Waals surface area contributed by atoms with Crippen LogP contribution in [0, 0.1) is 12.7 Å². The Labute approximate surface area is 173 Å². The number of aromatic nitrogens is 3. The molecule has 2 aromatic heterocycles. The van der Waals surface area contributed by atoms with Crippen LogP contribution in [0.2, 0.25) is 0 Å². The third-order valence-electron chi connectivity index (χ3n) is 4.82. The number of nitrogens with zero attached hydrogens (tertiary/aromatic N) is 3. The molecular formula is C22H18FN3O3S. The molecule has 6 nitrogen and oxygen atoms in total. The Balaban J connectivity index is 1.47. The summed E-state index contributed by atoms with van der Waals surface area (Å²) in [7, 11) is -3.95. The number of hydrogen-bond donors (Lipinski definition) is 0. The molecule has 0 fully saturated rings. The molecule has 0 saturated carbocycles. The van der Waals surface area contributed by atoms with Gasteiger partial charge in [-0.1, -0.05) is 18.2 Å². The van der Waals surface area contributed by atoms with Gasteiger partial charge in [-0.15, -0.1) is 0 Å². The maximum absolute atomic E-state index is 14.1. The molecule has 2 aromatic carbocycles. The van der Waals surface area contributed by atoms with E-state index in [1.54, 1.807) is 48.1 Å². The SMILES string of the molecule is Cc1ccc(S(=O)(=O)c2ccc(CCC(=O)c3cnc4nccn4c3)cc2)c(F)c1. The molecule has 0 aliphatic carbocycles. The van der Waals surface area contributed by atoms with Crippen LogP contribution in [-0.2, 0) is 16.3 Å². The minimum Gasteiger partial charge on any atom is -0.294 e. The molecule has 0 aliphatic rings. The van der Waals surface area contributed by atoms with Crippen molar-refractivity contribution in [2.75, 3.05) is 0 Å². The lowest BCUT2D eigenvalue weighted by molar-refractivity contribution is 0.0982. The van der Waals surface area contributed by atoms with Crippen molar-refractivity contribution in [3.63, 3.8) is 0 Å². The van der Waals surface area contributed by atoms with Crippen LogP contribution in [0.1, 0.15) is 27.9 Å². The second-order valence-electron chi connectivity index (χ2n) is 6.98. The summed E-state index contributed by atoms with van der Waals surface area (Å²) in [6.45, 7) is 1.69. The summed E-state index contributed by atoms with van der Waals surface area (Å²) in [5.74, 6) is -0.321. The fourth-order valence-corrected chi connectivity index (χ4v) is 4.46. The van der Waals surface area contributed by atoms with E-state index in [9.17, 15) is 17.6 Å². The Bertz CT molecular complexity index is 1350. The summed E-state index contributed by atoms with van der Waals surface area (Å²) in [4.78, 5) is 20.3. The first kappa shape index (κ1) is 19.9. The monoisotopic (exact) mass is 423 g/mol. The number of rotatable bonds is 6. The highest BCUT2D eigenvalue weighted by Gasteiger charge is 2.21. The number of carbonyl (C=O) groups is 1. The van der Waals surface area contributed by atoms with Gasteiger partial charge in [0, 0.05) is 31.2 Å². The van der Waals surface area contributed by atoms with Crippen LogP contribution >= 0.6 is 0 Å². The van der Waals surface area contributed by atoms with E-state index in [1.165, 1.54) is 30.5 Å². The van der Waals surface area contributed by atoms with E-state index >= 15 is 0 Å². The van der Waals surface area contributed by atoms with Gasteiger partial charge in [-0.05, 0) is 48.7 Å². The van der Waals surface area contributed by atoms with Crippen LogP contribution in [0.15, 0.2) is 77.0 Å². The van der Waals surface area contributed by atoms with Gasteiger partial charge < -0.3 is 0 Å². The molecule has 0 spiro atoms. The van der Waals surface area contributed by atoms with Gasteiger partial charge in [0.15, 0.2) is 5.78 Å². The van der Waals surface area contributed by atoms with Crippen molar-refractivity contribution in [1.29, 1.82) is 0 Å². The van der Waals surface area contributed by atoms with Crippen molar-refractivity contribution in [2.45, 2.75) is 29.6 Å². The van der Waals surface area contributed by atoms with Crippen LogP contribution in [0.3, 0.4) is 0 Å². The molecule has 0 N–H and O–H groups in total. The van der Waals surface area contributed by atoms with Gasteiger partial charge >= 0.3 is 0 Å². The van der Waals surface area contributed by atoms with E-state index in [-0.39, 0.29) is 22.0 Å². The molecule has 0 atom stereocenters. The molecule has 152 valence electrons. The van der Waals surface area contributed by atoms with E-state index in [2.05, 4.69) is 9.97 Å². The maximum Gasteiger partial charge on any atom is 0.233 e. The van der Waals surface area contributed by atoms with Crippen LogP contribution < -0.4 is 0 Å². The lowest BCUT2D eigenvalue weighted by Crippen LogP contribution is -2.06. The zero-order valence-electron chi connectivity index (χ0n) is 16.1. The third-order valence-corrected chi connectivity index (χ3v) is 6.62. The molecule has 4 rings (SSSR count). The van der Waals surface area contributed by atoms with Gasteiger partial charge in [-0.2, -0.15) is 0 Å². The van der Waals surface area contributed by atoms with E-state index < -0.39 is 15.7 Å². The molecule has 0 amide bonds. The number of sulfone groups is 1. The maximum atomic E-state index is 14.1. The predicted molar refractivity (Wildman–Crippen MR) is 109 cm³/mol. The number of fused-ring (bicyclic) bond motifs is 1. The average molecular weight is 423 g/mol. The molecule has 0 aliphatic heterocycles. The Kier molecular flexibility index (Phi) is 5.17. The first-order chi connectivity index (χ1) is 14.3. The van der Waals surface area contributed by atoms with Crippen molar-refractivity contribution >= 4 is 21.4 Å². The molecule has 8 heteroatoms. The number of ketones is 1. The molecule has 0 radical (unpaired) electrons. The van der Waals surface area contributed by atoms with E-state index in [0.29, 0.717) is 23.3 Å². The quantitative estimate of drug-likeness (QED) is 0.440. The predicted octanol–water partition coefficient (Wildman–Crippen LogP) is 3.83. The minimum absolute atomic E-state index is 0.00934. The lowest BCUT2D eigenvalue weighted by atomic mass is 10.0. The Morgan fingerprint density at radius 3 is 2.60 bits per heavy atom. The van der Waals surface area contributed by atoms with E-state index in [1.807, 2.05) is 0 Å². The zero-order valence-corrected chi connectivity index (χ0v) is 16.9. The van der Waals surface area contributed by atoms with Gasteiger partial charge in [-0.3, -0.25) is 9.20 Å². The first-order valence-corrected chi connectivity index (χ1v) is 10.7. The van der Waals surface area contributed by atoms with E-state index in [4.69, 9.17) is 0 Å². The summed E-state index contributed by atoms with van der Waals surface area (Å²) < 4.78 is 41.2. The molecule has 2 heterocycles. The highest BCUT2D eigenvalue weighted by atomic mass is 32.2. The molecule has 0 unspecified atom stereocenters. The number of carbonyl (C=O) groups excluding carboxylic acids is 1. The molecule has 30 heavy (non-hydrogen) atoms. The number of hydrogen-bond acceptors (Lipinski definition) is 5. The number of halogens is 1. The molecular weight excluding hydrogens is 405 g/mol. The minimum atomic E-state index is -3.95. The van der Waals surface area contributed by atoms with Gasteiger partial charge in [0.2, 0.25) is 15.6 Å². The normalized spacial score (nSPS) is 11.7. The van der Waals surface area contributed by atoms with Crippen LogP contribution in [-0.4, -0.2) is 28.6 Å². The fourth-order valence-electron chi connectivity index (χ4n) is 3.15. The van der Waals surface area contributed by atoms with Crippen LogP contribution in [0.5, 0.6) is 0 Å². The topological polar surface area (TPSA) is 81.4 Å². The van der Waals surface area contributed by atoms with Crippen molar-refractivity contribution in [1.82, 2.24) is 14.4 Å².